The lowest BCUT2D eigenvalue weighted by atomic mass is 10.4. The van der Waals surface area contributed by atoms with E-state index in [4.69, 9.17) is 4.74 Å². The maximum Gasteiger partial charge on any atom is 0.435 e. The predicted octanol–water partition coefficient (Wildman–Crippen LogP) is 1.95. The first-order chi connectivity index (χ1) is 12.4. The SMILES string of the molecule is O=C(Cn1ccc(C(F)(F)F)n1)N/N=C\c1ccc(N2CCOCC2)s1. The second-order valence-corrected chi connectivity index (χ2v) is 6.56. The van der Waals surface area contributed by atoms with Gasteiger partial charge in [-0.25, -0.2) is 5.43 Å². The number of carbonyl (C=O) groups is 1. The first-order valence-electron chi connectivity index (χ1n) is 7.77. The number of amides is 1. The Morgan fingerprint density at radius 1 is 1.35 bits per heavy atom. The van der Waals surface area contributed by atoms with Crippen molar-refractivity contribution in [2.75, 3.05) is 31.2 Å². The molecule has 11 heteroatoms. The maximum absolute atomic E-state index is 12.5. The lowest BCUT2D eigenvalue weighted by molar-refractivity contribution is -0.141. The number of hydrogen-bond acceptors (Lipinski definition) is 6. The average Bonchev–Trinajstić information content (AvgIpc) is 3.25. The van der Waals surface area contributed by atoms with Gasteiger partial charge in [0.2, 0.25) is 0 Å². The second kappa shape index (κ2) is 7.87. The van der Waals surface area contributed by atoms with Crippen molar-refractivity contribution in [1.29, 1.82) is 0 Å². The van der Waals surface area contributed by atoms with Crippen LogP contribution in [0.1, 0.15) is 10.6 Å². The molecule has 2 aromatic heterocycles. The van der Waals surface area contributed by atoms with Crippen LogP contribution in [0, 0.1) is 0 Å². The Morgan fingerprint density at radius 2 is 2.12 bits per heavy atom. The molecule has 26 heavy (non-hydrogen) atoms. The van der Waals surface area contributed by atoms with Gasteiger partial charge < -0.3 is 9.64 Å². The summed E-state index contributed by atoms with van der Waals surface area (Å²) in [6, 6.07) is 4.67. The number of morpholine rings is 1. The summed E-state index contributed by atoms with van der Waals surface area (Å²) in [5.74, 6) is -0.567. The van der Waals surface area contributed by atoms with E-state index in [1.165, 1.54) is 17.6 Å². The van der Waals surface area contributed by atoms with Crippen LogP contribution in [0.3, 0.4) is 0 Å². The van der Waals surface area contributed by atoms with Crippen molar-refractivity contribution in [3.8, 4) is 0 Å². The summed E-state index contributed by atoms with van der Waals surface area (Å²) >= 11 is 1.53. The van der Waals surface area contributed by atoms with E-state index in [-0.39, 0.29) is 6.54 Å². The van der Waals surface area contributed by atoms with Crippen LogP contribution in [0.25, 0.3) is 0 Å². The van der Waals surface area contributed by atoms with E-state index in [0.29, 0.717) is 13.2 Å². The van der Waals surface area contributed by atoms with Crippen LogP contribution in [-0.2, 0) is 22.3 Å². The summed E-state index contributed by atoms with van der Waals surface area (Å²) in [7, 11) is 0. The Bertz CT molecular complexity index is 780. The zero-order valence-electron chi connectivity index (χ0n) is 13.6. The first kappa shape index (κ1) is 18.4. The third-order valence-corrected chi connectivity index (χ3v) is 4.63. The molecule has 0 saturated carbocycles. The van der Waals surface area contributed by atoms with Gasteiger partial charge in [-0.3, -0.25) is 9.48 Å². The molecule has 0 radical (unpaired) electrons. The van der Waals surface area contributed by atoms with Crippen molar-refractivity contribution in [3.05, 3.63) is 35.0 Å². The van der Waals surface area contributed by atoms with E-state index in [1.54, 1.807) is 0 Å². The average molecular weight is 387 g/mol. The molecular formula is C15H16F3N5O2S. The lowest BCUT2D eigenvalue weighted by Crippen LogP contribution is -2.35. The van der Waals surface area contributed by atoms with Crippen LogP contribution in [-0.4, -0.2) is 48.2 Å². The van der Waals surface area contributed by atoms with E-state index in [0.717, 1.165) is 39.9 Å². The van der Waals surface area contributed by atoms with E-state index in [1.807, 2.05) is 12.1 Å². The van der Waals surface area contributed by atoms with Crippen molar-refractivity contribution >= 4 is 28.5 Å². The van der Waals surface area contributed by atoms with Gasteiger partial charge in [0.05, 0.1) is 24.4 Å². The fourth-order valence-electron chi connectivity index (χ4n) is 2.32. The molecule has 7 nitrogen and oxygen atoms in total. The molecule has 1 aliphatic heterocycles. The Kier molecular flexibility index (Phi) is 5.57. The zero-order valence-corrected chi connectivity index (χ0v) is 14.4. The molecule has 140 valence electrons. The highest BCUT2D eigenvalue weighted by atomic mass is 32.1. The molecule has 3 heterocycles. The number of halogens is 3. The van der Waals surface area contributed by atoms with Gasteiger partial charge in [0.15, 0.2) is 5.69 Å². The quantitative estimate of drug-likeness (QED) is 0.629. The highest BCUT2D eigenvalue weighted by Gasteiger charge is 2.33. The zero-order chi connectivity index (χ0) is 18.6. The fraction of sp³-hybridized carbons (Fsp3) is 0.400. The number of rotatable bonds is 5. The number of hydrogen-bond donors (Lipinski definition) is 1. The van der Waals surface area contributed by atoms with Crippen molar-refractivity contribution in [3.63, 3.8) is 0 Å². The number of thiophene rings is 1. The maximum atomic E-state index is 12.5. The molecule has 1 saturated heterocycles. The van der Waals surface area contributed by atoms with Gasteiger partial charge in [0.25, 0.3) is 5.91 Å². The van der Waals surface area contributed by atoms with E-state index >= 15 is 0 Å². The van der Waals surface area contributed by atoms with E-state index in [9.17, 15) is 18.0 Å². The third kappa shape index (κ3) is 4.82. The fourth-order valence-corrected chi connectivity index (χ4v) is 3.25. The number of alkyl halides is 3. The van der Waals surface area contributed by atoms with E-state index < -0.39 is 17.8 Å². The summed E-state index contributed by atoms with van der Waals surface area (Å²) < 4.78 is 43.6. The normalized spacial score (nSPS) is 15.6. The van der Waals surface area contributed by atoms with Crippen LogP contribution >= 0.6 is 11.3 Å². The number of aromatic nitrogens is 2. The van der Waals surface area contributed by atoms with Crippen molar-refractivity contribution in [1.82, 2.24) is 15.2 Å². The van der Waals surface area contributed by atoms with Crippen LogP contribution in [0.2, 0.25) is 0 Å². The summed E-state index contributed by atoms with van der Waals surface area (Å²) in [6.45, 7) is 2.70. The number of hydrazone groups is 1. The monoisotopic (exact) mass is 387 g/mol. The molecule has 1 N–H and O–H groups in total. The van der Waals surface area contributed by atoms with Crippen molar-refractivity contribution in [2.24, 2.45) is 5.10 Å². The molecule has 0 unspecified atom stereocenters. The Balaban J connectivity index is 1.49. The molecular weight excluding hydrogens is 371 g/mol. The summed E-state index contributed by atoms with van der Waals surface area (Å²) in [6.07, 6.45) is -1.94. The minimum absolute atomic E-state index is 0.350. The molecule has 1 aliphatic rings. The largest absolute Gasteiger partial charge is 0.435 e. The van der Waals surface area contributed by atoms with Crippen molar-refractivity contribution in [2.45, 2.75) is 12.7 Å². The Labute approximate surface area is 151 Å². The predicted molar refractivity (Wildman–Crippen MR) is 90.3 cm³/mol. The molecule has 0 aliphatic carbocycles. The molecule has 0 bridgehead atoms. The van der Waals surface area contributed by atoms with Gasteiger partial charge in [-0.2, -0.15) is 23.4 Å². The summed E-state index contributed by atoms with van der Waals surface area (Å²) in [5, 5.41) is 8.23. The van der Waals surface area contributed by atoms with Gasteiger partial charge >= 0.3 is 6.18 Å². The third-order valence-electron chi connectivity index (χ3n) is 3.55. The number of ether oxygens (including phenoxy) is 1. The van der Waals surface area contributed by atoms with Gasteiger partial charge in [-0.1, -0.05) is 0 Å². The molecule has 1 amide bonds. The first-order valence-corrected chi connectivity index (χ1v) is 8.58. The van der Waals surface area contributed by atoms with Crippen LogP contribution in [0.5, 0.6) is 0 Å². The lowest BCUT2D eigenvalue weighted by Gasteiger charge is -2.27. The minimum Gasteiger partial charge on any atom is -0.378 e. The molecule has 3 rings (SSSR count). The molecule has 1 fully saturated rings. The highest BCUT2D eigenvalue weighted by molar-refractivity contribution is 7.17. The Hall–Kier alpha value is -2.40. The van der Waals surface area contributed by atoms with E-state index in [2.05, 4.69) is 20.5 Å². The standard InChI is InChI=1S/C15H16F3N5O2S/c16-15(17,18)12-3-4-23(21-12)10-13(24)20-19-9-11-1-2-14(26-11)22-5-7-25-8-6-22/h1-4,9H,5-8,10H2,(H,20,24)/b19-9-. The molecule has 0 spiro atoms. The van der Waals surface area contributed by atoms with Crippen molar-refractivity contribution < 1.29 is 22.7 Å². The topological polar surface area (TPSA) is 71.8 Å². The smallest absolute Gasteiger partial charge is 0.378 e. The number of carbonyl (C=O) groups excluding carboxylic acids is 1. The van der Waals surface area contributed by atoms with Crippen LogP contribution in [0.4, 0.5) is 18.2 Å². The van der Waals surface area contributed by atoms with Gasteiger partial charge in [-0.05, 0) is 18.2 Å². The van der Waals surface area contributed by atoms with Crippen LogP contribution < -0.4 is 10.3 Å². The Morgan fingerprint density at radius 3 is 2.81 bits per heavy atom. The molecule has 0 aromatic carbocycles. The van der Waals surface area contributed by atoms with Gasteiger partial charge in [0.1, 0.15) is 6.54 Å². The van der Waals surface area contributed by atoms with Gasteiger partial charge in [0, 0.05) is 24.2 Å². The van der Waals surface area contributed by atoms with Gasteiger partial charge in [-0.15, -0.1) is 11.3 Å². The summed E-state index contributed by atoms with van der Waals surface area (Å²) in [4.78, 5) is 14.8. The van der Waals surface area contributed by atoms with Crippen LogP contribution in [0.15, 0.2) is 29.5 Å². The highest BCUT2D eigenvalue weighted by Crippen LogP contribution is 2.27. The second-order valence-electron chi connectivity index (χ2n) is 5.46. The summed E-state index contributed by atoms with van der Waals surface area (Å²) in [5.41, 5.74) is 1.24. The number of nitrogens with zero attached hydrogens (tertiary/aromatic N) is 4. The molecule has 2 aromatic rings. The minimum atomic E-state index is -4.53. The number of anilines is 1. The number of nitrogens with one attached hydrogen (secondary N) is 1. The molecule has 0 atom stereocenters.